The van der Waals surface area contributed by atoms with Gasteiger partial charge in [0, 0.05) is 0 Å². The number of hydrogen-bond donors (Lipinski definition) is 2. The molecule has 0 aliphatic carbocycles. The van der Waals surface area contributed by atoms with Crippen LogP contribution in [0.5, 0.6) is 0 Å². The largest absolute Gasteiger partial charge is 0.460 e. The Morgan fingerprint density at radius 3 is 2.50 bits per heavy atom. The number of nitrogens with one attached hydrogen (secondary N) is 1. The number of hydrogen-bond acceptors (Lipinski definition) is 4. The van der Waals surface area contributed by atoms with E-state index in [1.807, 2.05) is 44.2 Å². The van der Waals surface area contributed by atoms with E-state index in [2.05, 4.69) is 5.32 Å². The Balaban J connectivity index is 2.24. The molecular weight excluding hydrogens is 256 g/mol. The zero-order chi connectivity index (χ0) is 15.0. The molecule has 20 heavy (non-hydrogen) atoms. The van der Waals surface area contributed by atoms with E-state index < -0.39 is 12.0 Å². The lowest BCUT2D eigenvalue weighted by Crippen LogP contribution is -2.43. The van der Waals surface area contributed by atoms with Crippen molar-refractivity contribution in [3.63, 3.8) is 0 Å². The fraction of sp³-hybridized carbons (Fsp3) is 0.467. The number of carbonyl (C=O) groups excluding carboxylic acids is 2. The van der Waals surface area contributed by atoms with Gasteiger partial charge in [0.05, 0.1) is 6.04 Å². The molecule has 1 rings (SSSR count). The maximum Gasteiger partial charge on any atom is 0.325 e. The molecule has 0 bridgehead atoms. The molecule has 1 atom stereocenters. The van der Waals surface area contributed by atoms with Crippen LogP contribution in [0.2, 0.25) is 0 Å². The SMILES string of the molecule is CC(C)C[C@H](N)C(=O)NCC(=O)OCc1ccccc1. The molecule has 1 aromatic rings. The Hall–Kier alpha value is -1.88. The molecule has 0 saturated heterocycles. The maximum absolute atomic E-state index is 11.6. The first-order chi connectivity index (χ1) is 9.49. The van der Waals surface area contributed by atoms with E-state index in [9.17, 15) is 9.59 Å². The van der Waals surface area contributed by atoms with E-state index in [0.717, 1.165) is 5.56 Å². The van der Waals surface area contributed by atoms with Gasteiger partial charge in [-0.05, 0) is 17.9 Å². The van der Waals surface area contributed by atoms with Crippen LogP contribution in [0, 0.1) is 5.92 Å². The third kappa shape index (κ3) is 6.33. The summed E-state index contributed by atoms with van der Waals surface area (Å²) in [5, 5.41) is 2.49. The van der Waals surface area contributed by atoms with Gasteiger partial charge in [0.2, 0.25) is 5.91 Å². The van der Waals surface area contributed by atoms with Gasteiger partial charge in [-0.15, -0.1) is 0 Å². The molecule has 0 radical (unpaired) electrons. The Labute approximate surface area is 119 Å². The smallest absolute Gasteiger partial charge is 0.325 e. The van der Waals surface area contributed by atoms with Gasteiger partial charge >= 0.3 is 5.97 Å². The highest BCUT2D eigenvalue weighted by Crippen LogP contribution is 2.03. The third-order valence-electron chi connectivity index (χ3n) is 2.71. The van der Waals surface area contributed by atoms with Gasteiger partial charge in [-0.2, -0.15) is 0 Å². The lowest BCUT2D eigenvalue weighted by atomic mass is 10.0. The molecule has 1 amide bonds. The minimum atomic E-state index is -0.586. The molecule has 0 aromatic heterocycles. The van der Waals surface area contributed by atoms with Crippen molar-refractivity contribution in [2.75, 3.05) is 6.54 Å². The molecule has 110 valence electrons. The zero-order valence-electron chi connectivity index (χ0n) is 12.0. The number of benzene rings is 1. The zero-order valence-corrected chi connectivity index (χ0v) is 12.0. The Bertz CT molecular complexity index is 432. The fourth-order valence-electron chi connectivity index (χ4n) is 1.69. The van der Waals surface area contributed by atoms with E-state index >= 15 is 0 Å². The highest BCUT2D eigenvalue weighted by atomic mass is 16.5. The molecule has 0 fully saturated rings. The molecule has 0 unspecified atom stereocenters. The van der Waals surface area contributed by atoms with Gasteiger partial charge in [0.1, 0.15) is 13.2 Å². The molecule has 1 aromatic carbocycles. The molecule has 0 aliphatic rings. The molecule has 5 nitrogen and oxygen atoms in total. The second-order valence-corrected chi connectivity index (χ2v) is 5.10. The number of esters is 1. The summed E-state index contributed by atoms with van der Waals surface area (Å²) < 4.78 is 5.04. The third-order valence-corrected chi connectivity index (χ3v) is 2.71. The molecule has 0 saturated carbocycles. The molecule has 0 spiro atoms. The van der Waals surface area contributed by atoms with Crippen LogP contribution in [0.1, 0.15) is 25.8 Å². The van der Waals surface area contributed by atoms with Crippen LogP contribution in [0.4, 0.5) is 0 Å². The van der Waals surface area contributed by atoms with E-state index in [-0.39, 0.29) is 19.1 Å². The summed E-state index contributed by atoms with van der Waals surface area (Å²) in [5.74, 6) is -0.463. The van der Waals surface area contributed by atoms with Crippen LogP contribution in [0.15, 0.2) is 30.3 Å². The van der Waals surface area contributed by atoms with Gasteiger partial charge < -0.3 is 15.8 Å². The van der Waals surface area contributed by atoms with Crippen LogP contribution < -0.4 is 11.1 Å². The second-order valence-electron chi connectivity index (χ2n) is 5.10. The molecular formula is C15H22N2O3. The molecule has 0 aliphatic heterocycles. The summed E-state index contributed by atoms with van der Waals surface area (Å²) in [5.41, 5.74) is 6.61. The Kier molecular flexibility index (Phi) is 6.73. The first-order valence-electron chi connectivity index (χ1n) is 6.72. The summed E-state index contributed by atoms with van der Waals surface area (Å²) in [4.78, 5) is 23.1. The second kappa shape index (κ2) is 8.32. The van der Waals surface area contributed by atoms with Gasteiger partial charge in [0.15, 0.2) is 0 Å². The van der Waals surface area contributed by atoms with Gasteiger partial charge in [0.25, 0.3) is 0 Å². The highest BCUT2D eigenvalue weighted by molar-refractivity contribution is 5.85. The highest BCUT2D eigenvalue weighted by Gasteiger charge is 2.15. The van der Waals surface area contributed by atoms with Crippen LogP contribution in [0.3, 0.4) is 0 Å². The minimum absolute atomic E-state index is 0.155. The minimum Gasteiger partial charge on any atom is -0.460 e. The van der Waals surface area contributed by atoms with Crippen molar-refractivity contribution in [2.24, 2.45) is 11.7 Å². The molecule has 3 N–H and O–H groups in total. The average molecular weight is 278 g/mol. The summed E-state index contributed by atoms with van der Waals surface area (Å²) in [6.45, 7) is 4.02. The normalized spacial score (nSPS) is 12.0. The number of ether oxygens (including phenoxy) is 1. The van der Waals surface area contributed by atoms with Crippen molar-refractivity contribution < 1.29 is 14.3 Å². The van der Waals surface area contributed by atoms with Gasteiger partial charge in [-0.1, -0.05) is 44.2 Å². The monoisotopic (exact) mass is 278 g/mol. The summed E-state index contributed by atoms with van der Waals surface area (Å²) in [7, 11) is 0. The predicted molar refractivity (Wildman–Crippen MR) is 76.7 cm³/mol. The first-order valence-corrected chi connectivity index (χ1v) is 6.72. The van der Waals surface area contributed by atoms with Crippen molar-refractivity contribution in [3.05, 3.63) is 35.9 Å². The number of nitrogens with two attached hydrogens (primary N) is 1. The molecule has 5 heteroatoms. The standard InChI is InChI=1S/C15H22N2O3/c1-11(2)8-13(16)15(19)17-9-14(18)20-10-12-6-4-3-5-7-12/h3-7,11,13H,8-10,16H2,1-2H3,(H,17,19)/t13-/m0/s1. The van der Waals surface area contributed by atoms with Crippen LogP contribution in [-0.4, -0.2) is 24.5 Å². The lowest BCUT2D eigenvalue weighted by molar-refractivity contribution is -0.145. The first kappa shape index (κ1) is 16.2. The van der Waals surface area contributed by atoms with Crippen molar-refractivity contribution in [2.45, 2.75) is 32.9 Å². The Morgan fingerprint density at radius 2 is 1.90 bits per heavy atom. The van der Waals surface area contributed by atoms with E-state index in [1.54, 1.807) is 0 Å². The van der Waals surface area contributed by atoms with E-state index in [1.165, 1.54) is 0 Å². The van der Waals surface area contributed by atoms with Crippen molar-refractivity contribution in [3.8, 4) is 0 Å². The van der Waals surface area contributed by atoms with Crippen molar-refractivity contribution in [1.29, 1.82) is 0 Å². The predicted octanol–water partition coefficient (Wildman–Crippen LogP) is 1.22. The van der Waals surface area contributed by atoms with Crippen molar-refractivity contribution >= 4 is 11.9 Å². The molecule has 0 heterocycles. The maximum atomic E-state index is 11.6. The number of rotatable bonds is 7. The van der Waals surface area contributed by atoms with Gasteiger partial charge in [-0.25, -0.2) is 0 Å². The topological polar surface area (TPSA) is 81.4 Å². The Morgan fingerprint density at radius 1 is 1.25 bits per heavy atom. The van der Waals surface area contributed by atoms with Crippen LogP contribution >= 0.6 is 0 Å². The summed E-state index contributed by atoms with van der Waals surface area (Å²) in [6.07, 6.45) is 0.588. The summed E-state index contributed by atoms with van der Waals surface area (Å²) >= 11 is 0. The number of amides is 1. The van der Waals surface area contributed by atoms with Crippen LogP contribution in [-0.2, 0) is 20.9 Å². The number of carbonyl (C=O) groups is 2. The van der Waals surface area contributed by atoms with Crippen LogP contribution in [0.25, 0.3) is 0 Å². The van der Waals surface area contributed by atoms with Crippen molar-refractivity contribution in [1.82, 2.24) is 5.32 Å². The van der Waals surface area contributed by atoms with E-state index in [4.69, 9.17) is 10.5 Å². The summed E-state index contributed by atoms with van der Waals surface area (Å²) in [6, 6.07) is 8.78. The van der Waals surface area contributed by atoms with Gasteiger partial charge in [-0.3, -0.25) is 9.59 Å². The average Bonchev–Trinajstić information content (AvgIpc) is 2.42. The van der Waals surface area contributed by atoms with E-state index in [0.29, 0.717) is 12.3 Å². The fourth-order valence-corrected chi connectivity index (χ4v) is 1.69. The quantitative estimate of drug-likeness (QED) is 0.735. The lowest BCUT2D eigenvalue weighted by Gasteiger charge is -2.13.